The van der Waals surface area contributed by atoms with Crippen molar-refractivity contribution in [2.75, 3.05) is 0 Å². The predicted molar refractivity (Wildman–Crippen MR) is 67.0 cm³/mol. The summed E-state index contributed by atoms with van der Waals surface area (Å²) in [6.07, 6.45) is 6.39. The lowest BCUT2D eigenvalue weighted by Crippen LogP contribution is -2.31. The quantitative estimate of drug-likeness (QED) is 0.833. The van der Waals surface area contributed by atoms with E-state index in [1.54, 1.807) is 0 Å². The van der Waals surface area contributed by atoms with Gasteiger partial charge >= 0.3 is 0 Å². The summed E-state index contributed by atoms with van der Waals surface area (Å²) < 4.78 is 5.98. The van der Waals surface area contributed by atoms with Gasteiger partial charge in [-0.1, -0.05) is 0 Å². The molecule has 1 aromatic heterocycles. The number of aromatic amines is 1. The average molecular weight is 231 g/mol. The Morgan fingerprint density at radius 1 is 1.24 bits per heavy atom. The fourth-order valence-electron chi connectivity index (χ4n) is 2.39. The van der Waals surface area contributed by atoms with Crippen molar-refractivity contribution in [3.63, 3.8) is 0 Å². The summed E-state index contributed by atoms with van der Waals surface area (Å²) in [6, 6.07) is 6.40. The number of nitrogens with zero attached hydrogens (tertiary/aromatic N) is 1. The Morgan fingerprint density at radius 3 is 2.88 bits per heavy atom. The standard InChI is InChI=1S/C13H17N3O/c14-10-1-3-11(4-2-10)17-12-5-6-13-9(7-12)8-15-16-13/h5-8,10-11H,1-4,14H2,(H,15,16). The number of rotatable bonds is 2. The largest absolute Gasteiger partial charge is 0.490 e. The zero-order valence-corrected chi connectivity index (χ0v) is 9.73. The number of hydrogen-bond donors (Lipinski definition) is 2. The first-order valence-electron chi connectivity index (χ1n) is 6.16. The second-order valence-corrected chi connectivity index (χ2v) is 4.77. The number of H-pyrrole nitrogens is 1. The molecule has 1 aromatic carbocycles. The molecule has 0 amide bonds. The minimum Gasteiger partial charge on any atom is -0.490 e. The third kappa shape index (κ3) is 2.26. The van der Waals surface area contributed by atoms with E-state index in [-0.39, 0.29) is 0 Å². The van der Waals surface area contributed by atoms with Gasteiger partial charge in [0.05, 0.1) is 17.8 Å². The smallest absolute Gasteiger partial charge is 0.120 e. The summed E-state index contributed by atoms with van der Waals surface area (Å²) in [7, 11) is 0. The Kier molecular flexibility index (Phi) is 2.73. The molecule has 4 heteroatoms. The molecule has 1 heterocycles. The highest BCUT2D eigenvalue weighted by Gasteiger charge is 2.19. The maximum absolute atomic E-state index is 5.98. The number of nitrogens with two attached hydrogens (primary N) is 1. The van der Waals surface area contributed by atoms with Gasteiger partial charge in [-0.3, -0.25) is 5.10 Å². The van der Waals surface area contributed by atoms with Gasteiger partial charge in [-0.2, -0.15) is 5.10 Å². The van der Waals surface area contributed by atoms with E-state index in [9.17, 15) is 0 Å². The molecule has 4 nitrogen and oxygen atoms in total. The molecular weight excluding hydrogens is 214 g/mol. The van der Waals surface area contributed by atoms with E-state index < -0.39 is 0 Å². The fourth-order valence-corrected chi connectivity index (χ4v) is 2.39. The normalized spacial score (nSPS) is 25.0. The first-order valence-corrected chi connectivity index (χ1v) is 6.16. The van der Waals surface area contributed by atoms with E-state index in [0.717, 1.165) is 42.3 Å². The highest BCUT2D eigenvalue weighted by molar-refractivity contribution is 5.79. The van der Waals surface area contributed by atoms with Gasteiger partial charge in [0.25, 0.3) is 0 Å². The number of benzene rings is 1. The Morgan fingerprint density at radius 2 is 2.06 bits per heavy atom. The first-order chi connectivity index (χ1) is 8.31. The zero-order chi connectivity index (χ0) is 11.7. The topological polar surface area (TPSA) is 63.9 Å². The van der Waals surface area contributed by atoms with Crippen LogP contribution in [0.4, 0.5) is 0 Å². The van der Waals surface area contributed by atoms with Gasteiger partial charge in [0, 0.05) is 11.4 Å². The van der Waals surface area contributed by atoms with Crippen LogP contribution in [-0.4, -0.2) is 22.3 Å². The van der Waals surface area contributed by atoms with Crippen LogP contribution in [-0.2, 0) is 0 Å². The molecule has 0 spiro atoms. The van der Waals surface area contributed by atoms with Crippen LogP contribution >= 0.6 is 0 Å². The average Bonchev–Trinajstić information content (AvgIpc) is 2.79. The first kappa shape index (κ1) is 10.6. The number of ether oxygens (including phenoxy) is 1. The van der Waals surface area contributed by atoms with E-state index in [0.29, 0.717) is 12.1 Å². The summed E-state index contributed by atoms with van der Waals surface area (Å²) in [6.45, 7) is 0. The second-order valence-electron chi connectivity index (χ2n) is 4.77. The van der Waals surface area contributed by atoms with E-state index in [2.05, 4.69) is 10.2 Å². The number of aromatic nitrogens is 2. The summed E-state index contributed by atoms with van der Waals surface area (Å²) in [5, 5.41) is 8.03. The number of hydrogen-bond acceptors (Lipinski definition) is 3. The fraction of sp³-hybridized carbons (Fsp3) is 0.462. The minimum absolute atomic E-state index is 0.319. The van der Waals surface area contributed by atoms with Gasteiger partial charge in [-0.15, -0.1) is 0 Å². The van der Waals surface area contributed by atoms with E-state index >= 15 is 0 Å². The maximum Gasteiger partial charge on any atom is 0.120 e. The summed E-state index contributed by atoms with van der Waals surface area (Å²) in [5.41, 5.74) is 6.93. The van der Waals surface area contributed by atoms with E-state index in [1.807, 2.05) is 24.4 Å². The molecular formula is C13H17N3O. The molecule has 90 valence electrons. The monoisotopic (exact) mass is 231 g/mol. The van der Waals surface area contributed by atoms with Gasteiger partial charge in [-0.05, 0) is 43.9 Å². The molecule has 17 heavy (non-hydrogen) atoms. The minimum atomic E-state index is 0.319. The van der Waals surface area contributed by atoms with Crippen molar-refractivity contribution in [2.24, 2.45) is 5.73 Å². The molecule has 0 aliphatic heterocycles. The van der Waals surface area contributed by atoms with Gasteiger partial charge in [0.2, 0.25) is 0 Å². The molecule has 0 radical (unpaired) electrons. The molecule has 1 aliphatic carbocycles. The third-order valence-electron chi connectivity index (χ3n) is 3.43. The van der Waals surface area contributed by atoms with Crippen molar-refractivity contribution in [3.05, 3.63) is 24.4 Å². The summed E-state index contributed by atoms with van der Waals surface area (Å²) in [4.78, 5) is 0. The molecule has 1 fully saturated rings. The van der Waals surface area contributed by atoms with Crippen LogP contribution in [0.25, 0.3) is 10.9 Å². The van der Waals surface area contributed by atoms with Crippen molar-refractivity contribution in [1.82, 2.24) is 10.2 Å². The Hall–Kier alpha value is -1.55. The van der Waals surface area contributed by atoms with Crippen LogP contribution < -0.4 is 10.5 Å². The van der Waals surface area contributed by atoms with Gasteiger partial charge in [0.15, 0.2) is 0 Å². The molecule has 0 bridgehead atoms. The van der Waals surface area contributed by atoms with Crippen LogP contribution in [0.5, 0.6) is 5.75 Å². The molecule has 3 N–H and O–H groups in total. The van der Waals surface area contributed by atoms with E-state index in [1.165, 1.54) is 0 Å². The Bertz CT molecular complexity index is 500. The third-order valence-corrected chi connectivity index (χ3v) is 3.43. The Balaban J connectivity index is 1.71. The van der Waals surface area contributed by atoms with Gasteiger partial charge in [-0.25, -0.2) is 0 Å². The van der Waals surface area contributed by atoms with Crippen molar-refractivity contribution in [2.45, 2.75) is 37.8 Å². The van der Waals surface area contributed by atoms with Crippen LogP contribution in [0.1, 0.15) is 25.7 Å². The zero-order valence-electron chi connectivity index (χ0n) is 9.73. The second kappa shape index (κ2) is 4.37. The van der Waals surface area contributed by atoms with E-state index in [4.69, 9.17) is 10.5 Å². The van der Waals surface area contributed by atoms with Crippen LogP contribution in [0.3, 0.4) is 0 Å². The highest BCUT2D eigenvalue weighted by atomic mass is 16.5. The summed E-state index contributed by atoms with van der Waals surface area (Å²) in [5.74, 6) is 0.930. The summed E-state index contributed by atoms with van der Waals surface area (Å²) >= 11 is 0. The van der Waals surface area contributed by atoms with Crippen molar-refractivity contribution >= 4 is 10.9 Å². The van der Waals surface area contributed by atoms with Crippen LogP contribution in [0.15, 0.2) is 24.4 Å². The lowest BCUT2D eigenvalue weighted by molar-refractivity contribution is 0.147. The molecule has 0 saturated heterocycles. The van der Waals surface area contributed by atoms with Crippen molar-refractivity contribution < 1.29 is 4.74 Å². The molecule has 2 aromatic rings. The van der Waals surface area contributed by atoms with Gasteiger partial charge < -0.3 is 10.5 Å². The highest BCUT2D eigenvalue weighted by Crippen LogP contribution is 2.25. The molecule has 1 aliphatic rings. The molecule has 3 rings (SSSR count). The number of fused-ring (bicyclic) bond motifs is 1. The predicted octanol–water partition coefficient (Wildman–Crippen LogP) is 2.21. The lowest BCUT2D eigenvalue weighted by Gasteiger charge is -2.26. The maximum atomic E-state index is 5.98. The van der Waals surface area contributed by atoms with Crippen molar-refractivity contribution in [3.8, 4) is 5.75 Å². The lowest BCUT2D eigenvalue weighted by atomic mass is 9.94. The molecule has 0 unspecified atom stereocenters. The molecule has 0 atom stereocenters. The van der Waals surface area contributed by atoms with Gasteiger partial charge in [0.1, 0.15) is 5.75 Å². The van der Waals surface area contributed by atoms with Crippen molar-refractivity contribution in [1.29, 1.82) is 0 Å². The SMILES string of the molecule is NC1CCC(Oc2ccc3[nH]ncc3c2)CC1. The Labute approximate surface area is 100 Å². The van der Waals surface area contributed by atoms with Crippen LogP contribution in [0, 0.1) is 0 Å². The number of nitrogens with one attached hydrogen (secondary N) is 1. The van der Waals surface area contributed by atoms with Crippen LogP contribution in [0.2, 0.25) is 0 Å². The molecule has 1 saturated carbocycles.